The van der Waals surface area contributed by atoms with Crippen LogP contribution in [0.3, 0.4) is 0 Å². The molecule has 3 nitrogen and oxygen atoms in total. The third-order valence-electron chi connectivity index (χ3n) is 3.28. The van der Waals surface area contributed by atoms with Gasteiger partial charge >= 0.3 is 0 Å². The smallest absolute Gasteiger partial charge is 0.227 e. The second-order valence-electron chi connectivity index (χ2n) is 4.86. The zero-order valence-electron chi connectivity index (χ0n) is 11.7. The highest BCUT2D eigenvalue weighted by atomic mass is 35.5. The fourth-order valence-electron chi connectivity index (χ4n) is 1.95. The first-order chi connectivity index (χ1) is 9.08. The maximum atomic E-state index is 12.2. The standard InChI is InChI=1S/C15H23ClN2O/c1-3-4-8-14(10-17)18-15(19)11(2)12-6-5-7-13(16)9-12/h5-7,9,11,14H,3-4,8,10,17H2,1-2H3,(H,18,19). The molecule has 106 valence electrons. The van der Waals surface area contributed by atoms with E-state index in [9.17, 15) is 4.79 Å². The molecule has 0 spiro atoms. The maximum Gasteiger partial charge on any atom is 0.227 e. The summed E-state index contributed by atoms with van der Waals surface area (Å²) in [4.78, 5) is 12.2. The average Bonchev–Trinajstić information content (AvgIpc) is 2.42. The van der Waals surface area contributed by atoms with Crippen LogP contribution < -0.4 is 11.1 Å². The SMILES string of the molecule is CCCCC(CN)NC(=O)C(C)c1cccc(Cl)c1. The van der Waals surface area contributed by atoms with Gasteiger partial charge in [-0.1, -0.05) is 43.5 Å². The number of carbonyl (C=O) groups excluding carboxylic acids is 1. The molecule has 1 amide bonds. The van der Waals surface area contributed by atoms with Gasteiger partial charge in [0.1, 0.15) is 0 Å². The molecule has 0 saturated heterocycles. The van der Waals surface area contributed by atoms with Crippen LogP contribution in [-0.2, 0) is 4.79 Å². The summed E-state index contributed by atoms with van der Waals surface area (Å²) < 4.78 is 0. The molecular weight excluding hydrogens is 260 g/mol. The van der Waals surface area contributed by atoms with Gasteiger partial charge in [0.15, 0.2) is 0 Å². The van der Waals surface area contributed by atoms with Gasteiger partial charge in [-0.2, -0.15) is 0 Å². The molecule has 0 radical (unpaired) electrons. The number of unbranched alkanes of at least 4 members (excludes halogenated alkanes) is 1. The minimum Gasteiger partial charge on any atom is -0.352 e. The molecule has 0 fully saturated rings. The molecule has 1 aromatic rings. The van der Waals surface area contributed by atoms with Crippen molar-refractivity contribution in [1.29, 1.82) is 0 Å². The number of nitrogens with two attached hydrogens (primary N) is 1. The fourth-order valence-corrected chi connectivity index (χ4v) is 2.15. The van der Waals surface area contributed by atoms with Crippen molar-refractivity contribution in [2.24, 2.45) is 5.73 Å². The monoisotopic (exact) mass is 282 g/mol. The molecule has 19 heavy (non-hydrogen) atoms. The van der Waals surface area contributed by atoms with E-state index in [1.54, 1.807) is 6.07 Å². The highest BCUT2D eigenvalue weighted by molar-refractivity contribution is 6.30. The summed E-state index contributed by atoms with van der Waals surface area (Å²) >= 11 is 5.94. The van der Waals surface area contributed by atoms with Crippen LogP contribution >= 0.6 is 11.6 Å². The Morgan fingerprint density at radius 3 is 2.79 bits per heavy atom. The Hall–Kier alpha value is -1.06. The van der Waals surface area contributed by atoms with Gasteiger partial charge in [-0.3, -0.25) is 4.79 Å². The third-order valence-corrected chi connectivity index (χ3v) is 3.51. The molecular formula is C15H23ClN2O. The molecule has 2 atom stereocenters. The van der Waals surface area contributed by atoms with E-state index in [-0.39, 0.29) is 17.9 Å². The van der Waals surface area contributed by atoms with E-state index >= 15 is 0 Å². The van der Waals surface area contributed by atoms with Crippen molar-refractivity contribution in [1.82, 2.24) is 5.32 Å². The number of rotatable bonds is 7. The van der Waals surface area contributed by atoms with Gasteiger partial charge < -0.3 is 11.1 Å². The number of halogens is 1. The molecule has 0 aliphatic heterocycles. The Labute approximate surface area is 120 Å². The van der Waals surface area contributed by atoms with E-state index < -0.39 is 0 Å². The van der Waals surface area contributed by atoms with Crippen LogP contribution in [0.25, 0.3) is 0 Å². The van der Waals surface area contributed by atoms with Crippen LogP contribution in [0, 0.1) is 0 Å². The van der Waals surface area contributed by atoms with Crippen molar-refractivity contribution in [3.05, 3.63) is 34.9 Å². The van der Waals surface area contributed by atoms with E-state index in [1.807, 2.05) is 25.1 Å². The molecule has 0 aromatic heterocycles. The van der Waals surface area contributed by atoms with Crippen LogP contribution in [-0.4, -0.2) is 18.5 Å². The lowest BCUT2D eigenvalue weighted by atomic mass is 9.99. The van der Waals surface area contributed by atoms with E-state index in [1.165, 1.54) is 0 Å². The Kier molecular flexibility index (Phi) is 6.89. The summed E-state index contributed by atoms with van der Waals surface area (Å²) in [6.45, 7) is 4.49. The molecule has 0 saturated carbocycles. The normalized spacial score (nSPS) is 13.9. The minimum atomic E-state index is -0.214. The molecule has 0 heterocycles. The second-order valence-corrected chi connectivity index (χ2v) is 5.30. The lowest BCUT2D eigenvalue weighted by Crippen LogP contribution is -2.42. The van der Waals surface area contributed by atoms with E-state index in [0.29, 0.717) is 11.6 Å². The first-order valence-electron chi connectivity index (χ1n) is 6.84. The van der Waals surface area contributed by atoms with Crippen molar-refractivity contribution < 1.29 is 4.79 Å². The number of benzene rings is 1. The Balaban J connectivity index is 2.61. The minimum absolute atomic E-state index is 0.00817. The molecule has 0 aliphatic carbocycles. The van der Waals surface area contributed by atoms with E-state index in [0.717, 1.165) is 24.8 Å². The Morgan fingerprint density at radius 2 is 2.21 bits per heavy atom. The predicted molar refractivity (Wildman–Crippen MR) is 80.4 cm³/mol. The quantitative estimate of drug-likeness (QED) is 0.807. The van der Waals surface area contributed by atoms with Crippen LogP contribution in [0.5, 0.6) is 0 Å². The average molecular weight is 283 g/mol. The van der Waals surface area contributed by atoms with Crippen LogP contribution in [0.1, 0.15) is 44.6 Å². The lowest BCUT2D eigenvalue weighted by Gasteiger charge is -2.20. The first-order valence-corrected chi connectivity index (χ1v) is 7.22. The highest BCUT2D eigenvalue weighted by Gasteiger charge is 2.18. The van der Waals surface area contributed by atoms with Gasteiger partial charge in [-0.25, -0.2) is 0 Å². The Morgan fingerprint density at radius 1 is 1.47 bits per heavy atom. The second kappa shape index (κ2) is 8.18. The summed E-state index contributed by atoms with van der Waals surface area (Å²) in [6, 6.07) is 7.47. The van der Waals surface area contributed by atoms with Crippen LogP contribution in [0.2, 0.25) is 5.02 Å². The number of amides is 1. The number of nitrogens with one attached hydrogen (secondary N) is 1. The Bertz CT molecular complexity index is 409. The summed E-state index contributed by atoms with van der Waals surface area (Å²) in [6.07, 6.45) is 3.12. The molecule has 1 rings (SSSR count). The summed E-state index contributed by atoms with van der Waals surface area (Å²) in [5.41, 5.74) is 6.62. The van der Waals surface area contributed by atoms with Crippen LogP contribution in [0.15, 0.2) is 24.3 Å². The van der Waals surface area contributed by atoms with Gasteiger partial charge in [-0.15, -0.1) is 0 Å². The summed E-state index contributed by atoms with van der Waals surface area (Å²) in [5, 5.41) is 3.66. The summed E-state index contributed by atoms with van der Waals surface area (Å²) in [7, 11) is 0. The lowest BCUT2D eigenvalue weighted by molar-refractivity contribution is -0.122. The van der Waals surface area contributed by atoms with Crippen molar-refractivity contribution in [2.75, 3.05) is 6.54 Å². The third kappa shape index (κ3) is 5.21. The summed E-state index contributed by atoms with van der Waals surface area (Å²) in [5.74, 6) is -0.205. The van der Waals surface area contributed by atoms with E-state index in [2.05, 4.69) is 12.2 Å². The number of hydrogen-bond donors (Lipinski definition) is 2. The van der Waals surface area contributed by atoms with Crippen molar-refractivity contribution in [3.8, 4) is 0 Å². The first kappa shape index (κ1) is 16.0. The zero-order valence-corrected chi connectivity index (χ0v) is 12.4. The maximum absolute atomic E-state index is 12.2. The largest absolute Gasteiger partial charge is 0.352 e. The van der Waals surface area contributed by atoms with Gasteiger partial charge in [0, 0.05) is 17.6 Å². The number of hydrogen-bond acceptors (Lipinski definition) is 2. The zero-order chi connectivity index (χ0) is 14.3. The van der Waals surface area contributed by atoms with Crippen molar-refractivity contribution in [3.63, 3.8) is 0 Å². The van der Waals surface area contributed by atoms with Crippen LogP contribution in [0.4, 0.5) is 0 Å². The van der Waals surface area contributed by atoms with Crippen molar-refractivity contribution >= 4 is 17.5 Å². The van der Waals surface area contributed by atoms with Gasteiger partial charge in [0.2, 0.25) is 5.91 Å². The van der Waals surface area contributed by atoms with Gasteiger partial charge in [0.05, 0.1) is 5.92 Å². The molecule has 4 heteroatoms. The topological polar surface area (TPSA) is 55.1 Å². The molecule has 2 unspecified atom stereocenters. The highest BCUT2D eigenvalue weighted by Crippen LogP contribution is 2.19. The fraction of sp³-hybridized carbons (Fsp3) is 0.533. The van der Waals surface area contributed by atoms with E-state index in [4.69, 9.17) is 17.3 Å². The molecule has 0 bridgehead atoms. The van der Waals surface area contributed by atoms with Gasteiger partial charge in [-0.05, 0) is 31.0 Å². The molecule has 0 aliphatic rings. The molecule has 3 N–H and O–H groups in total. The predicted octanol–water partition coefficient (Wildman–Crippen LogP) is 3.08. The van der Waals surface area contributed by atoms with Crippen molar-refractivity contribution in [2.45, 2.75) is 45.1 Å². The number of carbonyl (C=O) groups is 1. The molecule has 1 aromatic carbocycles. The van der Waals surface area contributed by atoms with Gasteiger partial charge in [0.25, 0.3) is 0 Å².